The molecule has 0 fully saturated rings. The van der Waals surface area contributed by atoms with Crippen molar-refractivity contribution in [2.75, 3.05) is 11.4 Å². The van der Waals surface area contributed by atoms with Crippen molar-refractivity contribution in [1.82, 2.24) is 29.5 Å². The number of nitrogens with two attached hydrogens (primary N) is 1. The molecule has 160 valence electrons. The molecule has 1 amide bonds. The molecule has 0 saturated heterocycles. The first-order chi connectivity index (χ1) is 14.4. The van der Waals surface area contributed by atoms with Crippen LogP contribution in [0.1, 0.15) is 61.1 Å². The lowest BCUT2D eigenvalue weighted by atomic mass is 10.0. The van der Waals surface area contributed by atoms with Crippen molar-refractivity contribution >= 4 is 22.8 Å². The molecule has 4 heterocycles. The highest BCUT2D eigenvalue weighted by molar-refractivity contribution is 5.93. The highest BCUT2D eigenvalue weighted by Crippen LogP contribution is 2.32. The van der Waals surface area contributed by atoms with Crippen LogP contribution in [0, 0.1) is 5.92 Å². The molecule has 0 bridgehead atoms. The first-order valence-electron chi connectivity index (χ1n) is 10.7. The zero-order chi connectivity index (χ0) is 21.4. The summed E-state index contributed by atoms with van der Waals surface area (Å²) in [5, 5.41) is 10.3. The number of rotatable bonds is 7. The smallest absolute Gasteiger partial charge is 0.269 e. The van der Waals surface area contributed by atoms with Crippen molar-refractivity contribution in [3.05, 3.63) is 29.0 Å². The van der Waals surface area contributed by atoms with Crippen LogP contribution in [0.25, 0.3) is 11.0 Å². The minimum atomic E-state index is -0.491. The summed E-state index contributed by atoms with van der Waals surface area (Å²) in [6, 6.07) is 0. The molecule has 9 nitrogen and oxygen atoms in total. The Morgan fingerprint density at radius 1 is 1.27 bits per heavy atom. The number of carbonyl (C=O) groups excluding carboxylic acids is 1. The van der Waals surface area contributed by atoms with Gasteiger partial charge in [-0.15, -0.1) is 0 Å². The van der Waals surface area contributed by atoms with Crippen molar-refractivity contribution in [1.29, 1.82) is 0 Å². The topological polar surface area (TPSA) is 108 Å². The first kappa shape index (κ1) is 20.3. The molecule has 0 spiro atoms. The first-order valence-corrected chi connectivity index (χ1v) is 10.7. The maximum Gasteiger partial charge on any atom is 0.269 e. The third-order valence-corrected chi connectivity index (χ3v) is 5.68. The summed E-state index contributed by atoms with van der Waals surface area (Å²) in [5.41, 5.74) is 9.82. The van der Waals surface area contributed by atoms with Crippen molar-refractivity contribution in [2.24, 2.45) is 18.7 Å². The van der Waals surface area contributed by atoms with Gasteiger partial charge in [0.15, 0.2) is 11.3 Å². The summed E-state index contributed by atoms with van der Waals surface area (Å²) >= 11 is 0. The number of hydrogen-bond acceptors (Lipinski definition) is 6. The van der Waals surface area contributed by atoms with Crippen LogP contribution in [0.3, 0.4) is 0 Å². The van der Waals surface area contributed by atoms with Gasteiger partial charge in [0.1, 0.15) is 12.1 Å². The van der Waals surface area contributed by atoms with Gasteiger partial charge in [0.2, 0.25) is 0 Å². The van der Waals surface area contributed by atoms with Crippen LogP contribution in [0.5, 0.6) is 0 Å². The van der Waals surface area contributed by atoms with Crippen molar-refractivity contribution in [3.63, 3.8) is 0 Å². The molecule has 3 aromatic rings. The molecule has 3 aromatic heterocycles. The van der Waals surface area contributed by atoms with Crippen LogP contribution in [0.2, 0.25) is 0 Å². The fraction of sp³-hybridized carbons (Fsp3) is 0.571. The summed E-state index contributed by atoms with van der Waals surface area (Å²) in [6.45, 7) is 8.76. The van der Waals surface area contributed by atoms with Crippen molar-refractivity contribution in [3.8, 4) is 0 Å². The molecular weight excluding hydrogens is 380 g/mol. The van der Waals surface area contributed by atoms with E-state index in [0.29, 0.717) is 18.2 Å². The Kier molecular flexibility index (Phi) is 5.44. The SMILES string of the molecule is CCCCn1nc(CC(C)C)c2c(N3CCc4c(c(C(N)=O)nn4C)C3)ncnc21. The number of unbranched alkanes of at least 4 members (excludes halogenated alkanes) is 1. The Labute approximate surface area is 176 Å². The number of primary amides is 1. The second-order valence-corrected chi connectivity index (χ2v) is 8.45. The number of aromatic nitrogens is 6. The van der Waals surface area contributed by atoms with Crippen LogP contribution >= 0.6 is 0 Å². The second kappa shape index (κ2) is 8.04. The lowest BCUT2D eigenvalue weighted by Gasteiger charge is -2.29. The van der Waals surface area contributed by atoms with E-state index in [-0.39, 0.29) is 0 Å². The highest BCUT2D eigenvalue weighted by Gasteiger charge is 2.29. The minimum Gasteiger partial charge on any atom is -0.364 e. The molecule has 0 unspecified atom stereocenters. The van der Waals surface area contributed by atoms with Crippen LogP contribution in [0.15, 0.2) is 6.33 Å². The van der Waals surface area contributed by atoms with Gasteiger partial charge in [-0.3, -0.25) is 9.48 Å². The van der Waals surface area contributed by atoms with E-state index in [1.165, 1.54) is 0 Å². The molecule has 2 N–H and O–H groups in total. The molecule has 9 heteroatoms. The third kappa shape index (κ3) is 3.53. The van der Waals surface area contributed by atoms with Gasteiger partial charge in [-0.05, 0) is 18.8 Å². The Morgan fingerprint density at radius 3 is 2.77 bits per heavy atom. The number of hydrogen-bond donors (Lipinski definition) is 1. The van der Waals surface area contributed by atoms with E-state index in [4.69, 9.17) is 10.8 Å². The normalized spacial score (nSPS) is 14.0. The Balaban J connectivity index is 1.79. The van der Waals surface area contributed by atoms with Gasteiger partial charge in [-0.1, -0.05) is 27.2 Å². The Hall–Kier alpha value is -2.97. The molecule has 0 atom stereocenters. The van der Waals surface area contributed by atoms with Gasteiger partial charge in [0, 0.05) is 44.4 Å². The van der Waals surface area contributed by atoms with Crippen molar-refractivity contribution < 1.29 is 4.79 Å². The minimum absolute atomic E-state index is 0.351. The summed E-state index contributed by atoms with van der Waals surface area (Å²) in [6.07, 6.45) is 5.43. The van der Waals surface area contributed by atoms with E-state index in [1.54, 1.807) is 11.0 Å². The lowest BCUT2D eigenvalue weighted by Crippen LogP contribution is -2.32. The van der Waals surface area contributed by atoms with Gasteiger partial charge in [-0.2, -0.15) is 10.2 Å². The molecule has 1 aliphatic heterocycles. The number of carbonyl (C=O) groups is 1. The number of anilines is 1. The average molecular weight is 411 g/mol. The standard InChI is InChI=1S/C21H30N8O/c1-5-6-8-29-21-17(15(25-29)10-13(2)3)20(23-12-24-21)28-9-7-16-14(11-28)18(19(22)30)26-27(16)4/h12-13H,5-11H2,1-4H3,(H2,22,30). The van der Waals surface area contributed by atoms with E-state index < -0.39 is 5.91 Å². The van der Waals surface area contributed by atoms with Gasteiger partial charge in [-0.25, -0.2) is 14.6 Å². The van der Waals surface area contributed by atoms with Crippen LogP contribution in [-0.2, 0) is 33.0 Å². The molecule has 1 aliphatic rings. The number of amides is 1. The summed E-state index contributed by atoms with van der Waals surface area (Å²) in [7, 11) is 1.86. The number of aryl methyl sites for hydroxylation is 2. The van der Waals surface area contributed by atoms with Crippen molar-refractivity contribution in [2.45, 2.75) is 59.5 Å². The fourth-order valence-electron chi connectivity index (χ4n) is 4.27. The van der Waals surface area contributed by atoms with E-state index in [2.05, 4.69) is 40.7 Å². The quantitative estimate of drug-likeness (QED) is 0.640. The maximum atomic E-state index is 11.9. The van der Waals surface area contributed by atoms with E-state index in [1.807, 2.05) is 11.7 Å². The van der Waals surface area contributed by atoms with Gasteiger partial charge in [0.25, 0.3) is 5.91 Å². The summed E-state index contributed by atoms with van der Waals surface area (Å²) in [5.74, 6) is 0.862. The van der Waals surface area contributed by atoms with E-state index in [0.717, 1.165) is 72.6 Å². The number of fused-ring (bicyclic) bond motifs is 2. The molecule has 0 saturated carbocycles. The molecule has 0 aromatic carbocycles. The largest absolute Gasteiger partial charge is 0.364 e. The van der Waals surface area contributed by atoms with Gasteiger partial charge in [0.05, 0.1) is 11.1 Å². The molecule has 4 rings (SSSR count). The predicted octanol–water partition coefficient (Wildman–Crippen LogP) is 2.22. The summed E-state index contributed by atoms with van der Waals surface area (Å²) in [4.78, 5) is 23.4. The van der Waals surface area contributed by atoms with Gasteiger partial charge < -0.3 is 10.6 Å². The number of nitrogens with zero attached hydrogens (tertiary/aromatic N) is 7. The monoisotopic (exact) mass is 410 g/mol. The zero-order valence-corrected chi connectivity index (χ0v) is 18.2. The third-order valence-electron chi connectivity index (χ3n) is 5.68. The molecule has 0 aliphatic carbocycles. The predicted molar refractivity (Wildman–Crippen MR) is 115 cm³/mol. The Morgan fingerprint density at radius 2 is 2.07 bits per heavy atom. The van der Waals surface area contributed by atoms with Crippen LogP contribution < -0.4 is 10.6 Å². The van der Waals surface area contributed by atoms with E-state index >= 15 is 0 Å². The molecule has 30 heavy (non-hydrogen) atoms. The fourth-order valence-corrected chi connectivity index (χ4v) is 4.27. The van der Waals surface area contributed by atoms with Crippen LogP contribution in [-0.4, -0.2) is 42.0 Å². The second-order valence-electron chi connectivity index (χ2n) is 8.45. The molecular formula is C21H30N8O. The Bertz CT molecular complexity index is 1080. The zero-order valence-electron chi connectivity index (χ0n) is 18.2. The maximum absolute atomic E-state index is 11.9. The van der Waals surface area contributed by atoms with Crippen LogP contribution in [0.4, 0.5) is 5.82 Å². The highest BCUT2D eigenvalue weighted by atomic mass is 16.1. The average Bonchev–Trinajstić information content (AvgIpc) is 3.23. The molecule has 0 radical (unpaired) electrons. The lowest BCUT2D eigenvalue weighted by molar-refractivity contribution is 0.0994. The van der Waals surface area contributed by atoms with E-state index in [9.17, 15) is 4.79 Å². The summed E-state index contributed by atoms with van der Waals surface area (Å²) < 4.78 is 3.80. The van der Waals surface area contributed by atoms with Gasteiger partial charge >= 0.3 is 0 Å².